The first-order valence-corrected chi connectivity index (χ1v) is 11.4. The van der Waals surface area contributed by atoms with E-state index in [1.54, 1.807) is 12.1 Å². The average molecular weight is 482 g/mol. The number of furan rings is 1. The Morgan fingerprint density at radius 2 is 2.10 bits per heavy atom. The van der Waals surface area contributed by atoms with Crippen molar-refractivity contribution in [3.05, 3.63) is 63.0 Å². The molecule has 6 heteroatoms. The number of phenols is 1. The summed E-state index contributed by atoms with van der Waals surface area (Å²) in [5.41, 5.74) is 2.67. The molecule has 1 fully saturated rings. The number of Topliss-reactive ketones (excluding diaryl/α,β-unsaturated/α-hetero) is 1. The first-order valence-electron chi connectivity index (χ1n) is 10.6. The Morgan fingerprint density at radius 3 is 2.90 bits per heavy atom. The van der Waals surface area contributed by atoms with Gasteiger partial charge in [-0.25, -0.2) is 0 Å². The summed E-state index contributed by atoms with van der Waals surface area (Å²) in [6, 6.07) is 9.75. The molecule has 0 unspecified atom stereocenters. The molecule has 2 aliphatic rings. The number of aryl methyl sites for hydroxylation is 1. The molecule has 0 radical (unpaired) electrons. The monoisotopic (exact) mass is 481 g/mol. The van der Waals surface area contributed by atoms with Gasteiger partial charge in [-0.2, -0.15) is 0 Å². The van der Waals surface area contributed by atoms with E-state index in [0.29, 0.717) is 40.8 Å². The predicted molar refractivity (Wildman–Crippen MR) is 123 cm³/mol. The number of ketones is 1. The maximum atomic E-state index is 13.2. The number of likely N-dealkylation sites (tertiary alicyclic amines) is 1. The number of carbonyl (C=O) groups excluding carboxylic acids is 1. The summed E-state index contributed by atoms with van der Waals surface area (Å²) in [6.45, 7) is 5.58. The zero-order valence-corrected chi connectivity index (χ0v) is 19.2. The van der Waals surface area contributed by atoms with Gasteiger partial charge in [-0.3, -0.25) is 9.69 Å². The summed E-state index contributed by atoms with van der Waals surface area (Å²) in [5, 5.41) is 11.6. The van der Waals surface area contributed by atoms with Gasteiger partial charge in [-0.1, -0.05) is 22.4 Å². The number of fused-ring (bicyclic) bond motifs is 2. The van der Waals surface area contributed by atoms with E-state index in [2.05, 4.69) is 27.8 Å². The highest BCUT2D eigenvalue weighted by Crippen LogP contribution is 2.43. The van der Waals surface area contributed by atoms with Crippen LogP contribution in [0.5, 0.6) is 11.5 Å². The molecule has 1 atom stereocenters. The van der Waals surface area contributed by atoms with Crippen molar-refractivity contribution in [2.45, 2.75) is 45.7 Å². The maximum Gasteiger partial charge on any atom is 0.232 e. The Balaban J connectivity index is 1.51. The van der Waals surface area contributed by atoms with E-state index < -0.39 is 0 Å². The van der Waals surface area contributed by atoms with Crippen molar-refractivity contribution in [2.75, 3.05) is 6.54 Å². The summed E-state index contributed by atoms with van der Waals surface area (Å²) in [6.07, 6.45) is 5.15. The topological polar surface area (TPSA) is 62.9 Å². The smallest absolute Gasteiger partial charge is 0.232 e. The van der Waals surface area contributed by atoms with Gasteiger partial charge in [-0.05, 0) is 69.1 Å². The predicted octanol–water partition coefficient (Wildman–Crippen LogP) is 6.20. The lowest BCUT2D eigenvalue weighted by molar-refractivity contribution is 0.101. The van der Waals surface area contributed by atoms with Crippen molar-refractivity contribution in [3.8, 4) is 11.5 Å². The summed E-state index contributed by atoms with van der Waals surface area (Å²) >= 11 is 3.46. The Kier molecular flexibility index (Phi) is 5.15. The van der Waals surface area contributed by atoms with Crippen LogP contribution in [0.4, 0.5) is 0 Å². The second-order valence-electron chi connectivity index (χ2n) is 8.48. The van der Waals surface area contributed by atoms with Crippen LogP contribution in [0, 0.1) is 6.92 Å². The van der Waals surface area contributed by atoms with Crippen LogP contribution in [-0.4, -0.2) is 28.4 Å². The first-order chi connectivity index (χ1) is 14.9. The zero-order chi connectivity index (χ0) is 21.7. The van der Waals surface area contributed by atoms with Gasteiger partial charge < -0.3 is 14.3 Å². The van der Waals surface area contributed by atoms with Crippen LogP contribution in [0.1, 0.15) is 53.4 Å². The lowest BCUT2D eigenvalue weighted by Gasteiger charge is -2.33. The zero-order valence-electron chi connectivity index (χ0n) is 17.6. The lowest BCUT2D eigenvalue weighted by Crippen LogP contribution is -2.36. The number of ether oxygens (including phenoxy) is 1. The number of phenolic OH excluding ortho intramolecular Hbond substituents is 1. The number of hydrogen-bond acceptors (Lipinski definition) is 5. The standard InChI is InChI=1S/C25H24BrNO4/c1-14-9-20(28)19(13-27-8-4-3-5-15(27)2)25-23(14)24(29)22(31-25)12-18-11-16-10-17(26)6-7-21(16)30-18/h6-7,9-12,15,28H,3-5,8,13H2,1-2H3/t15-/m1/s1. The molecule has 31 heavy (non-hydrogen) atoms. The Bertz CT molecular complexity index is 1230. The summed E-state index contributed by atoms with van der Waals surface area (Å²) in [5.74, 6) is 1.25. The van der Waals surface area contributed by atoms with Gasteiger partial charge in [0.2, 0.25) is 5.78 Å². The number of benzene rings is 2. The molecule has 0 spiro atoms. The molecule has 3 aromatic rings. The molecular formula is C25H24BrNO4. The van der Waals surface area contributed by atoms with Crippen LogP contribution in [-0.2, 0) is 6.54 Å². The fraction of sp³-hybridized carbons (Fsp3) is 0.320. The van der Waals surface area contributed by atoms with Crippen LogP contribution >= 0.6 is 15.9 Å². The number of halogens is 1. The summed E-state index contributed by atoms with van der Waals surface area (Å²) in [7, 11) is 0. The van der Waals surface area contributed by atoms with Crippen molar-refractivity contribution in [1.82, 2.24) is 4.90 Å². The highest BCUT2D eigenvalue weighted by molar-refractivity contribution is 9.10. The van der Waals surface area contributed by atoms with Crippen LogP contribution in [0.15, 0.2) is 45.0 Å². The van der Waals surface area contributed by atoms with E-state index in [9.17, 15) is 9.90 Å². The quantitative estimate of drug-likeness (QED) is 0.451. The third-order valence-electron chi connectivity index (χ3n) is 6.29. The van der Waals surface area contributed by atoms with Gasteiger partial charge in [0.05, 0.1) is 11.1 Å². The molecule has 1 N–H and O–H groups in total. The van der Waals surface area contributed by atoms with E-state index in [4.69, 9.17) is 9.15 Å². The molecule has 1 saturated heterocycles. The molecule has 5 rings (SSSR count). The number of hydrogen-bond donors (Lipinski definition) is 1. The molecule has 1 aromatic heterocycles. The van der Waals surface area contributed by atoms with E-state index in [-0.39, 0.29) is 17.3 Å². The largest absolute Gasteiger partial charge is 0.507 e. The minimum atomic E-state index is -0.179. The second kappa shape index (κ2) is 7.84. The van der Waals surface area contributed by atoms with E-state index in [1.807, 2.05) is 31.2 Å². The third-order valence-corrected chi connectivity index (χ3v) is 6.79. The highest BCUT2D eigenvalue weighted by Gasteiger charge is 2.34. The summed E-state index contributed by atoms with van der Waals surface area (Å²) in [4.78, 5) is 15.5. The molecular weight excluding hydrogens is 458 g/mol. The fourth-order valence-electron chi connectivity index (χ4n) is 4.56. The molecule has 3 heterocycles. The van der Waals surface area contributed by atoms with Crippen LogP contribution in [0.3, 0.4) is 0 Å². The molecule has 5 nitrogen and oxygen atoms in total. The fourth-order valence-corrected chi connectivity index (χ4v) is 4.94. The third kappa shape index (κ3) is 3.68. The molecule has 2 aromatic carbocycles. The number of rotatable bonds is 3. The van der Waals surface area contributed by atoms with E-state index >= 15 is 0 Å². The van der Waals surface area contributed by atoms with E-state index in [1.165, 1.54) is 6.42 Å². The van der Waals surface area contributed by atoms with Crippen LogP contribution < -0.4 is 4.74 Å². The Labute approximate surface area is 189 Å². The van der Waals surface area contributed by atoms with Crippen LogP contribution in [0.2, 0.25) is 0 Å². The summed E-state index contributed by atoms with van der Waals surface area (Å²) < 4.78 is 12.9. The highest BCUT2D eigenvalue weighted by atomic mass is 79.9. The SMILES string of the molecule is Cc1cc(O)c(CN2CCCC[C@H]2C)c2c1C(=O)C(=Cc1cc3cc(Br)ccc3o1)O2. The number of allylic oxidation sites excluding steroid dienone is 1. The molecule has 0 aliphatic carbocycles. The number of carbonyl (C=O) groups is 1. The minimum Gasteiger partial charge on any atom is -0.507 e. The molecule has 2 aliphatic heterocycles. The normalized spacial score (nSPS) is 20.4. The van der Waals surface area contributed by atoms with Crippen molar-refractivity contribution >= 4 is 38.8 Å². The lowest BCUT2D eigenvalue weighted by atomic mass is 9.97. The number of piperidine rings is 1. The van der Waals surface area contributed by atoms with Crippen molar-refractivity contribution in [3.63, 3.8) is 0 Å². The van der Waals surface area contributed by atoms with Gasteiger partial charge in [0.25, 0.3) is 0 Å². The first kappa shape index (κ1) is 20.3. The second-order valence-corrected chi connectivity index (χ2v) is 9.40. The Morgan fingerprint density at radius 1 is 1.26 bits per heavy atom. The molecule has 160 valence electrons. The maximum absolute atomic E-state index is 13.2. The van der Waals surface area contributed by atoms with Gasteiger partial charge >= 0.3 is 0 Å². The van der Waals surface area contributed by atoms with Gasteiger partial charge in [0.15, 0.2) is 5.76 Å². The molecule has 0 saturated carbocycles. The van der Waals surface area contributed by atoms with E-state index in [0.717, 1.165) is 34.8 Å². The Hall–Kier alpha value is -2.57. The van der Waals surface area contributed by atoms with Crippen molar-refractivity contribution in [1.29, 1.82) is 0 Å². The number of nitrogens with zero attached hydrogens (tertiary/aromatic N) is 1. The molecule has 0 bridgehead atoms. The van der Waals surface area contributed by atoms with Crippen molar-refractivity contribution < 1.29 is 19.1 Å². The molecule has 0 amide bonds. The average Bonchev–Trinajstić information content (AvgIpc) is 3.27. The van der Waals surface area contributed by atoms with Crippen LogP contribution in [0.25, 0.3) is 17.0 Å². The number of aromatic hydroxyl groups is 1. The van der Waals surface area contributed by atoms with Gasteiger partial charge in [-0.15, -0.1) is 0 Å². The van der Waals surface area contributed by atoms with Crippen molar-refractivity contribution in [2.24, 2.45) is 0 Å². The minimum absolute atomic E-state index is 0.177. The van der Waals surface area contributed by atoms with Gasteiger partial charge in [0.1, 0.15) is 22.8 Å². The van der Waals surface area contributed by atoms with Gasteiger partial charge in [0, 0.05) is 28.5 Å².